The van der Waals surface area contributed by atoms with E-state index in [1.54, 1.807) is 11.4 Å². The summed E-state index contributed by atoms with van der Waals surface area (Å²) in [4.78, 5) is 29.8. The zero-order valence-corrected chi connectivity index (χ0v) is 15.3. The molecule has 154 valence electrons. The van der Waals surface area contributed by atoms with Crippen molar-refractivity contribution in [1.29, 1.82) is 0 Å². The second-order valence-electron chi connectivity index (χ2n) is 7.38. The van der Waals surface area contributed by atoms with E-state index < -0.39 is 18.0 Å². The van der Waals surface area contributed by atoms with Crippen LogP contribution in [0.2, 0.25) is 0 Å². The number of benzene rings is 1. The van der Waals surface area contributed by atoms with Crippen LogP contribution >= 0.6 is 0 Å². The quantitative estimate of drug-likeness (QED) is 0.812. The number of amides is 2. The molecule has 7 nitrogen and oxygen atoms in total. The van der Waals surface area contributed by atoms with Crippen LogP contribution in [-0.4, -0.2) is 53.6 Å². The van der Waals surface area contributed by atoms with Crippen molar-refractivity contribution >= 4 is 17.5 Å². The number of nitrogens with zero attached hydrogens (tertiary/aromatic N) is 2. The van der Waals surface area contributed by atoms with Gasteiger partial charge in [-0.1, -0.05) is 12.1 Å². The normalized spacial score (nSPS) is 23.6. The SMILES string of the molecule is O=C(N[C@@H]1C[C@H]2CCN(C2)C1)c1ncc(-c2cccc(NC(=O)C(F)(F)F)c2)o1. The zero-order valence-electron chi connectivity index (χ0n) is 15.3. The monoisotopic (exact) mass is 408 g/mol. The summed E-state index contributed by atoms with van der Waals surface area (Å²) in [6, 6.07) is 5.73. The Hall–Kier alpha value is -2.88. The van der Waals surface area contributed by atoms with Gasteiger partial charge in [0.05, 0.1) is 6.20 Å². The van der Waals surface area contributed by atoms with Gasteiger partial charge in [0.15, 0.2) is 5.76 Å². The van der Waals surface area contributed by atoms with E-state index in [-0.39, 0.29) is 23.4 Å². The Balaban J connectivity index is 1.43. The molecule has 2 aliphatic heterocycles. The Kier molecular flexibility index (Phi) is 5.03. The summed E-state index contributed by atoms with van der Waals surface area (Å²) in [6.07, 6.45) is -1.58. The summed E-state index contributed by atoms with van der Waals surface area (Å²) in [5.41, 5.74) is 0.345. The summed E-state index contributed by atoms with van der Waals surface area (Å²) < 4.78 is 42.7. The van der Waals surface area contributed by atoms with Gasteiger partial charge in [0.2, 0.25) is 0 Å². The van der Waals surface area contributed by atoms with Crippen molar-refractivity contribution in [2.75, 3.05) is 25.0 Å². The molecule has 29 heavy (non-hydrogen) atoms. The first-order valence-electron chi connectivity index (χ1n) is 9.25. The number of aromatic nitrogens is 1. The molecule has 0 aliphatic carbocycles. The molecule has 2 saturated heterocycles. The fourth-order valence-corrected chi connectivity index (χ4v) is 3.88. The molecule has 0 radical (unpaired) electrons. The van der Waals surface area contributed by atoms with Crippen LogP contribution in [0.5, 0.6) is 0 Å². The Bertz CT molecular complexity index is 915. The predicted molar refractivity (Wildman–Crippen MR) is 97.0 cm³/mol. The number of carbonyl (C=O) groups is 2. The van der Waals surface area contributed by atoms with Crippen LogP contribution < -0.4 is 10.6 Å². The smallest absolute Gasteiger partial charge is 0.432 e. The summed E-state index contributed by atoms with van der Waals surface area (Å²) in [6.45, 7) is 2.94. The highest BCUT2D eigenvalue weighted by Gasteiger charge is 2.38. The Labute approximate surface area is 164 Å². The Morgan fingerprint density at radius 3 is 2.83 bits per heavy atom. The van der Waals surface area contributed by atoms with Gasteiger partial charge in [-0.2, -0.15) is 13.2 Å². The average molecular weight is 408 g/mol. The number of piperidine rings is 1. The van der Waals surface area contributed by atoms with Crippen molar-refractivity contribution in [3.8, 4) is 11.3 Å². The molecular formula is C19H19F3N4O3. The lowest BCUT2D eigenvalue weighted by Gasteiger charge is -2.30. The lowest BCUT2D eigenvalue weighted by atomic mass is 9.97. The third-order valence-corrected chi connectivity index (χ3v) is 5.16. The van der Waals surface area contributed by atoms with E-state index in [0.29, 0.717) is 11.5 Å². The molecule has 1 aromatic heterocycles. The van der Waals surface area contributed by atoms with Crippen LogP contribution in [0.25, 0.3) is 11.3 Å². The standard InChI is InChI=1S/C19H19F3N4O3/c20-19(21,22)18(28)25-13-3-1-2-12(7-13)15-8-23-17(29-15)16(27)24-14-6-11-4-5-26(9-11)10-14/h1-3,7-8,11,14H,4-6,9-10H2,(H,24,27)(H,25,28)/t11-,14-/m1/s1. The molecule has 2 fully saturated rings. The number of nitrogens with one attached hydrogen (secondary N) is 2. The molecule has 3 heterocycles. The van der Waals surface area contributed by atoms with Crippen LogP contribution in [0.4, 0.5) is 18.9 Å². The minimum absolute atomic E-state index is 0.0417. The molecule has 4 rings (SSSR count). The zero-order chi connectivity index (χ0) is 20.6. The molecule has 0 saturated carbocycles. The predicted octanol–water partition coefficient (Wildman–Crippen LogP) is 2.67. The Morgan fingerprint density at radius 2 is 2.07 bits per heavy atom. The number of oxazole rings is 1. The van der Waals surface area contributed by atoms with E-state index in [9.17, 15) is 22.8 Å². The number of halogens is 3. The molecular weight excluding hydrogens is 389 g/mol. The molecule has 2 aromatic rings. The second-order valence-corrected chi connectivity index (χ2v) is 7.38. The number of hydrogen-bond acceptors (Lipinski definition) is 5. The molecule has 2 N–H and O–H groups in total. The molecule has 1 aromatic carbocycles. The molecule has 2 aliphatic rings. The van der Waals surface area contributed by atoms with Gasteiger partial charge in [-0.05, 0) is 37.4 Å². The summed E-state index contributed by atoms with van der Waals surface area (Å²) >= 11 is 0. The van der Waals surface area contributed by atoms with Crippen molar-refractivity contribution in [1.82, 2.24) is 15.2 Å². The van der Waals surface area contributed by atoms with E-state index >= 15 is 0 Å². The highest BCUT2D eigenvalue weighted by Crippen LogP contribution is 2.28. The third-order valence-electron chi connectivity index (χ3n) is 5.16. The lowest BCUT2D eigenvalue weighted by molar-refractivity contribution is -0.167. The number of carbonyl (C=O) groups excluding carboxylic acids is 2. The fraction of sp³-hybridized carbons (Fsp3) is 0.421. The third kappa shape index (κ3) is 4.42. The van der Waals surface area contributed by atoms with Crippen molar-refractivity contribution in [3.63, 3.8) is 0 Å². The van der Waals surface area contributed by atoms with Gasteiger partial charge >= 0.3 is 18.0 Å². The number of anilines is 1. The first-order valence-corrected chi connectivity index (χ1v) is 9.25. The van der Waals surface area contributed by atoms with E-state index in [2.05, 4.69) is 15.2 Å². The highest BCUT2D eigenvalue weighted by molar-refractivity contribution is 5.95. The maximum atomic E-state index is 12.4. The van der Waals surface area contributed by atoms with E-state index in [4.69, 9.17) is 4.42 Å². The van der Waals surface area contributed by atoms with Crippen LogP contribution in [-0.2, 0) is 4.79 Å². The summed E-state index contributed by atoms with van der Waals surface area (Å²) in [7, 11) is 0. The second kappa shape index (κ2) is 7.51. The van der Waals surface area contributed by atoms with Crippen molar-refractivity contribution in [2.45, 2.75) is 25.1 Å². The average Bonchev–Trinajstić information content (AvgIpc) is 3.28. The number of alkyl halides is 3. The maximum Gasteiger partial charge on any atom is 0.471 e. The first kappa shape index (κ1) is 19.4. The minimum atomic E-state index is -4.98. The largest absolute Gasteiger partial charge is 0.471 e. The highest BCUT2D eigenvalue weighted by atomic mass is 19.4. The van der Waals surface area contributed by atoms with Crippen LogP contribution in [0, 0.1) is 5.92 Å². The van der Waals surface area contributed by atoms with Crippen molar-refractivity contribution in [3.05, 3.63) is 36.4 Å². The van der Waals surface area contributed by atoms with Crippen LogP contribution in [0.15, 0.2) is 34.9 Å². The van der Waals surface area contributed by atoms with Gasteiger partial charge in [0, 0.05) is 30.4 Å². The maximum absolute atomic E-state index is 12.4. The van der Waals surface area contributed by atoms with E-state index in [0.717, 1.165) is 32.5 Å². The van der Waals surface area contributed by atoms with Crippen LogP contribution in [0.1, 0.15) is 23.5 Å². The Morgan fingerprint density at radius 1 is 1.24 bits per heavy atom. The summed E-state index contributed by atoms with van der Waals surface area (Å²) in [5, 5.41) is 4.72. The topological polar surface area (TPSA) is 87.5 Å². The van der Waals surface area contributed by atoms with Crippen molar-refractivity contribution < 1.29 is 27.2 Å². The van der Waals surface area contributed by atoms with Crippen LogP contribution in [0.3, 0.4) is 0 Å². The fourth-order valence-electron chi connectivity index (χ4n) is 3.88. The molecule has 3 atom stereocenters. The van der Waals surface area contributed by atoms with Gasteiger partial charge in [-0.3, -0.25) is 9.59 Å². The van der Waals surface area contributed by atoms with Gasteiger partial charge in [-0.15, -0.1) is 0 Å². The molecule has 2 bridgehead atoms. The lowest BCUT2D eigenvalue weighted by Crippen LogP contribution is -2.47. The van der Waals surface area contributed by atoms with Gasteiger partial charge in [0.25, 0.3) is 5.89 Å². The molecule has 10 heteroatoms. The van der Waals surface area contributed by atoms with Crippen molar-refractivity contribution in [2.24, 2.45) is 5.92 Å². The molecule has 2 amide bonds. The molecule has 0 spiro atoms. The van der Waals surface area contributed by atoms with E-state index in [1.807, 2.05) is 0 Å². The van der Waals surface area contributed by atoms with Gasteiger partial charge in [-0.25, -0.2) is 4.98 Å². The molecule has 1 unspecified atom stereocenters. The summed E-state index contributed by atoms with van der Waals surface area (Å²) in [5.74, 6) is -1.79. The number of fused-ring (bicyclic) bond motifs is 2. The minimum Gasteiger partial charge on any atom is -0.432 e. The van der Waals surface area contributed by atoms with Gasteiger partial charge in [0.1, 0.15) is 0 Å². The first-order chi connectivity index (χ1) is 13.8. The van der Waals surface area contributed by atoms with Gasteiger partial charge < -0.3 is 20.0 Å². The number of hydrogen-bond donors (Lipinski definition) is 2. The number of rotatable bonds is 4. The van der Waals surface area contributed by atoms with E-state index in [1.165, 1.54) is 24.4 Å².